The Morgan fingerprint density at radius 2 is 1.90 bits per heavy atom. The highest BCUT2D eigenvalue weighted by Gasteiger charge is 2.22. The van der Waals surface area contributed by atoms with Crippen LogP contribution in [-0.2, 0) is 5.54 Å². The van der Waals surface area contributed by atoms with Gasteiger partial charge in [-0.05, 0) is 57.2 Å². The number of hydrogen-bond donors (Lipinski definition) is 0. The van der Waals surface area contributed by atoms with E-state index in [1.165, 1.54) is 24.1 Å². The molecule has 21 heavy (non-hydrogen) atoms. The molecule has 3 rings (SSSR count). The molecule has 0 unspecified atom stereocenters. The second kappa shape index (κ2) is 5.62. The molecular weight excluding hydrogens is 300 g/mol. The zero-order valence-electron chi connectivity index (χ0n) is 12.8. The van der Waals surface area contributed by atoms with Gasteiger partial charge in [0, 0.05) is 22.5 Å². The summed E-state index contributed by atoms with van der Waals surface area (Å²) >= 11 is 7.74. The molecule has 0 amide bonds. The first-order chi connectivity index (χ1) is 9.95. The van der Waals surface area contributed by atoms with E-state index in [1.807, 2.05) is 12.1 Å². The van der Waals surface area contributed by atoms with E-state index in [4.69, 9.17) is 16.6 Å². The van der Waals surface area contributed by atoms with Gasteiger partial charge in [0.05, 0.1) is 5.69 Å². The number of nitrogens with zero attached hydrogens (tertiary/aromatic N) is 2. The van der Waals surface area contributed by atoms with E-state index in [0.29, 0.717) is 0 Å². The van der Waals surface area contributed by atoms with Crippen molar-refractivity contribution in [3.05, 3.63) is 39.5 Å². The first-order valence-corrected chi connectivity index (χ1v) is 8.68. The lowest BCUT2D eigenvalue weighted by Crippen LogP contribution is -2.32. The Bertz CT molecular complexity index is 685. The van der Waals surface area contributed by atoms with Crippen molar-refractivity contribution in [2.24, 2.45) is 10.9 Å². The van der Waals surface area contributed by atoms with E-state index in [2.05, 4.69) is 42.9 Å². The number of benzene rings is 1. The Kier molecular flexibility index (Phi) is 3.98. The van der Waals surface area contributed by atoms with Gasteiger partial charge in [-0.1, -0.05) is 23.7 Å². The van der Waals surface area contributed by atoms with E-state index in [0.717, 1.165) is 22.3 Å². The summed E-state index contributed by atoms with van der Waals surface area (Å²) in [4.78, 5) is 5.98. The third-order valence-electron chi connectivity index (χ3n) is 3.70. The van der Waals surface area contributed by atoms with Crippen LogP contribution in [0.2, 0.25) is 5.02 Å². The van der Waals surface area contributed by atoms with E-state index >= 15 is 0 Å². The maximum atomic E-state index is 6.00. The molecule has 0 atom stereocenters. The maximum Gasteiger partial charge on any atom is 0.185 e. The van der Waals surface area contributed by atoms with Gasteiger partial charge in [0.25, 0.3) is 0 Å². The van der Waals surface area contributed by atoms with Crippen molar-refractivity contribution in [2.75, 3.05) is 6.54 Å². The molecule has 2 nitrogen and oxygen atoms in total. The highest BCUT2D eigenvalue weighted by atomic mass is 35.5. The summed E-state index contributed by atoms with van der Waals surface area (Å²) in [6.45, 7) is 7.66. The van der Waals surface area contributed by atoms with Crippen LogP contribution in [0.15, 0.2) is 34.6 Å². The predicted molar refractivity (Wildman–Crippen MR) is 90.9 cm³/mol. The van der Waals surface area contributed by atoms with Gasteiger partial charge in [0.2, 0.25) is 0 Å². The van der Waals surface area contributed by atoms with Crippen molar-refractivity contribution in [2.45, 2.75) is 39.2 Å². The van der Waals surface area contributed by atoms with Crippen LogP contribution in [0, 0.1) is 5.92 Å². The number of aromatic nitrogens is 1. The lowest BCUT2D eigenvalue weighted by Gasteiger charge is -2.24. The highest BCUT2D eigenvalue weighted by Crippen LogP contribution is 2.30. The Morgan fingerprint density at radius 1 is 1.24 bits per heavy atom. The van der Waals surface area contributed by atoms with Crippen molar-refractivity contribution in [1.29, 1.82) is 0 Å². The molecule has 0 bridgehead atoms. The van der Waals surface area contributed by atoms with E-state index in [1.54, 1.807) is 11.3 Å². The standard InChI is InChI=1S/C17H21ClN2S/c1-17(2,3)20-15(13-6-8-14(18)9-7-13)11-21-16(20)19-10-12-4-5-12/h6-9,11-12H,4-5,10H2,1-3H3. The first kappa shape index (κ1) is 14.9. The van der Waals surface area contributed by atoms with Gasteiger partial charge in [-0.2, -0.15) is 0 Å². The quantitative estimate of drug-likeness (QED) is 0.762. The van der Waals surface area contributed by atoms with E-state index < -0.39 is 0 Å². The zero-order chi connectivity index (χ0) is 15.0. The van der Waals surface area contributed by atoms with Gasteiger partial charge < -0.3 is 4.57 Å². The Morgan fingerprint density at radius 3 is 2.48 bits per heavy atom. The zero-order valence-corrected chi connectivity index (χ0v) is 14.3. The molecule has 112 valence electrons. The van der Waals surface area contributed by atoms with Crippen LogP contribution in [-0.4, -0.2) is 11.1 Å². The molecule has 0 spiro atoms. The number of thiazole rings is 1. The SMILES string of the molecule is CC(C)(C)n1c(-c2ccc(Cl)cc2)csc1=NCC1CC1. The second-order valence-electron chi connectivity index (χ2n) is 6.70. The van der Waals surface area contributed by atoms with Crippen LogP contribution in [0.1, 0.15) is 33.6 Å². The third-order valence-corrected chi connectivity index (χ3v) is 4.82. The largest absolute Gasteiger partial charge is 0.311 e. The molecule has 1 aromatic heterocycles. The van der Waals surface area contributed by atoms with Crippen molar-refractivity contribution >= 4 is 22.9 Å². The molecule has 1 aromatic carbocycles. The minimum atomic E-state index is 0.0113. The fourth-order valence-electron chi connectivity index (χ4n) is 2.40. The fourth-order valence-corrected chi connectivity index (χ4v) is 3.61. The lowest BCUT2D eigenvalue weighted by molar-refractivity contribution is 0.390. The van der Waals surface area contributed by atoms with Crippen LogP contribution >= 0.6 is 22.9 Å². The summed E-state index contributed by atoms with van der Waals surface area (Å²) < 4.78 is 2.35. The first-order valence-electron chi connectivity index (χ1n) is 7.42. The Hall–Kier alpha value is -1.06. The smallest absolute Gasteiger partial charge is 0.185 e. The van der Waals surface area contributed by atoms with Gasteiger partial charge in [-0.25, -0.2) is 0 Å². The maximum absolute atomic E-state index is 6.00. The Balaban J connectivity index is 2.07. The average Bonchev–Trinajstić information content (AvgIpc) is 3.14. The predicted octanol–water partition coefficient (Wildman–Crippen LogP) is 4.94. The minimum Gasteiger partial charge on any atom is -0.311 e. The molecule has 1 aliphatic rings. The van der Waals surface area contributed by atoms with Crippen molar-refractivity contribution < 1.29 is 0 Å². The highest BCUT2D eigenvalue weighted by molar-refractivity contribution is 7.07. The number of halogens is 1. The molecule has 0 radical (unpaired) electrons. The summed E-state index contributed by atoms with van der Waals surface area (Å²) in [7, 11) is 0. The lowest BCUT2D eigenvalue weighted by atomic mass is 10.1. The normalized spacial score (nSPS) is 16.5. The van der Waals surface area contributed by atoms with Gasteiger partial charge in [-0.3, -0.25) is 4.99 Å². The second-order valence-corrected chi connectivity index (χ2v) is 7.97. The van der Waals surface area contributed by atoms with Crippen molar-refractivity contribution in [3.63, 3.8) is 0 Å². The van der Waals surface area contributed by atoms with Crippen LogP contribution in [0.3, 0.4) is 0 Å². The summed E-state index contributed by atoms with van der Waals surface area (Å²) in [6, 6.07) is 8.06. The van der Waals surface area contributed by atoms with E-state index in [-0.39, 0.29) is 5.54 Å². The summed E-state index contributed by atoms with van der Waals surface area (Å²) in [5.41, 5.74) is 2.43. The molecule has 1 aliphatic carbocycles. The van der Waals surface area contributed by atoms with Crippen molar-refractivity contribution in [1.82, 2.24) is 4.57 Å². The molecule has 4 heteroatoms. The summed E-state index contributed by atoms with van der Waals surface area (Å²) in [6.07, 6.45) is 2.68. The average molecular weight is 321 g/mol. The molecular formula is C17H21ClN2S. The molecule has 0 N–H and O–H groups in total. The van der Waals surface area contributed by atoms with Crippen LogP contribution in [0.25, 0.3) is 11.3 Å². The van der Waals surface area contributed by atoms with Gasteiger partial charge >= 0.3 is 0 Å². The Labute approximate surface area is 135 Å². The third kappa shape index (κ3) is 3.41. The fraction of sp³-hybridized carbons (Fsp3) is 0.471. The van der Waals surface area contributed by atoms with E-state index in [9.17, 15) is 0 Å². The van der Waals surface area contributed by atoms with Gasteiger partial charge in [0.15, 0.2) is 4.80 Å². The molecule has 0 saturated heterocycles. The van der Waals surface area contributed by atoms with Gasteiger partial charge in [-0.15, -0.1) is 11.3 Å². The molecule has 1 heterocycles. The molecule has 2 aromatic rings. The monoisotopic (exact) mass is 320 g/mol. The topological polar surface area (TPSA) is 17.3 Å². The van der Waals surface area contributed by atoms with Crippen molar-refractivity contribution in [3.8, 4) is 11.3 Å². The molecule has 0 aliphatic heterocycles. The van der Waals surface area contributed by atoms with Crippen LogP contribution in [0.4, 0.5) is 0 Å². The van der Waals surface area contributed by atoms with Gasteiger partial charge in [0.1, 0.15) is 0 Å². The number of rotatable bonds is 3. The van der Waals surface area contributed by atoms with Crippen LogP contribution in [0.5, 0.6) is 0 Å². The number of hydrogen-bond acceptors (Lipinski definition) is 2. The summed E-state index contributed by atoms with van der Waals surface area (Å²) in [5, 5.41) is 2.98. The summed E-state index contributed by atoms with van der Waals surface area (Å²) in [5.74, 6) is 0.819. The molecule has 1 saturated carbocycles. The minimum absolute atomic E-state index is 0.0113. The van der Waals surface area contributed by atoms with Crippen LogP contribution < -0.4 is 4.80 Å². The molecule has 1 fully saturated rings.